The van der Waals surface area contributed by atoms with Gasteiger partial charge in [-0.15, -0.1) is 0 Å². The lowest BCUT2D eigenvalue weighted by Crippen LogP contribution is -2.34. The van der Waals surface area contributed by atoms with Crippen LogP contribution in [0.1, 0.15) is 6.42 Å². The SMILES string of the molecule is CSC[C@H]1CCN(C(=O)Nc2cc(Br)c[nH]c2=O)C1. The second-order valence-corrected chi connectivity index (χ2v) is 6.37. The van der Waals surface area contributed by atoms with Crippen LogP contribution >= 0.6 is 27.7 Å². The Kier molecular flexibility index (Phi) is 4.93. The van der Waals surface area contributed by atoms with E-state index in [4.69, 9.17) is 0 Å². The summed E-state index contributed by atoms with van der Waals surface area (Å²) in [6.45, 7) is 1.52. The van der Waals surface area contributed by atoms with Gasteiger partial charge in [0, 0.05) is 23.8 Å². The van der Waals surface area contributed by atoms with E-state index in [1.165, 1.54) is 0 Å². The molecule has 0 bridgehead atoms. The van der Waals surface area contributed by atoms with Crippen LogP contribution < -0.4 is 10.9 Å². The largest absolute Gasteiger partial charge is 0.326 e. The maximum Gasteiger partial charge on any atom is 0.322 e. The summed E-state index contributed by atoms with van der Waals surface area (Å²) in [6, 6.07) is 1.40. The average Bonchev–Trinajstić information content (AvgIpc) is 2.83. The first-order chi connectivity index (χ1) is 9.10. The topological polar surface area (TPSA) is 65.2 Å². The maximum atomic E-state index is 12.1. The Hall–Kier alpha value is -0.950. The molecule has 0 aromatic carbocycles. The first kappa shape index (κ1) is 14.5. The van der Waals surface area contributed by atoms with Gasteiger partial charge < -0.3 is 15.2 Å². The summed E-state index contributed by atoms with van der Waals surface area (Å²) in [4.78, 5) is 28.0. The maximum absolute atomic E-state index is 12.1. The quantitative estimate of drug-likeness (QED) is 0.883. The van der Waals surface area contributed by atoms with Gasteiger partial charge >= 0.3 is 6.03 Å². The number of likely N-dealkylation sites (tertiary alicyclic amines) is 1. The predicted octanol–water partition coefficient (Wildman–Crippen LogP) is 2.35. The second-order valence-electron chi connectivity index (χ2n) is 4.55. The number of aromatic nitrogens is 1. The number of hydrogen-bond donors (Lipinski definition) is 2. The van der Waals surface area contributed by atoms with Crippen LogP contribution in [0.3, 0.4) is 0 Å². The molecule has 2 amide bonds. The number of aromatic amines is 1. The average molecular weight is 346 g/mol. The normalized spacial score (nSPS) is 18.6. The first-order valence-corrected chi connectivity index (χ1v) is 8.22. The highest BCUT2D eigenvalue weighted by Crippen LogP contribution is 2.20. The van der Waals surface area contributed by atoms with Gasteiger partial charge in [-0.05, 0) is 46.3 Å². The minimum absolute atomic E-state index is 0.202. The number of rotatable bonds is 3. The van der Waals surface area contributed by atoms with E-state index in [9.17, 15) is 9.59 Å². The fourth-order valence-electron chi connectivity index (χ4n) is 2.13. The zero-order valence-corrected chi connectivity index (χ0v) is 13.0. The molecule has 2 N–H and O–H groups in total. The predicted molar refractivity (Wildman–Crippen MR) is 81.8 cm³/mol. The molecule has 5 nitrogen and oxygen atoms in total. The van der Waals surface area contributed by atoms with Crippen LogP contribution in [0, 0.1) is 5.92 Å². The van der Waals surface area contributed by atoms with Crippen molar-refractivity contribution < 1.29 is 4.79 Å². The molecule has 1 aromatic rings. The molecule has 2 rings (SSSR count). The van der Waals surface area contributed by atoms with Crippen molar-refractivity contribution in [2.75, 3.05) is 30.4 Å². The standard InChI is InChI=1S/C12H16BrN3O2S/c1-19-7-8-2-3-16(6-8)12(18)15-10-4-9(13)5-14-11(10)17/h4-5,8H,2-3,6-7H2,1H3,(H,14,17)(H,15,18)/t8-/m0/s1. The van der Waals surface area contributed by atoms with E-state index in [1.54, 1.807) is 28.9 Å². The molecule has 1 aliphatic rings. The Balaban J connectivity index is 1.98. The van der Waals surface area contributed by atoms with Gasteiger partial charge in [0.25, 0.3) is 5.56 Å². The molecule has 0 radical (unpaired) electrons. The molecule has 1 fully saturated rings. The molecule has 2 heterocycles. The summed E-state index contributed by atoms with van der Waals surface area (Å²) in [5, 5.41) is 2.66. The summed E-state index contributed by atoms with van der Waals surface area (Å²) in [7, 11) is 0. The van der Waals surface area contributed by atoms with Crippen molar-refractivity contribution in [3.63, 3.8) is 0 Å². The van der Waals surface area contributed by atoms with Crippen molar-refractivity contribution in [3.05, 3.63) is 27.1 Å². The lowest BCUT2D eigenvalue weighted by Gasteiger charge is -2.17. The number of carbonyl (C=O) groups is 1. The number of anilines is 1. The van der Waals surface area contributed by atoms with Crippen LogP contribution in [0.5, 0.6) is 0 Å². The molecule has 104 valence electrons. The van der Waals surface area contributed by atoms with Gasteiger partial charge in [-0.3, -0.25) is 4.79 Å². The number of thioether (sulfide) groups is 1. The fourth-order valence-corrected chi connectivity index (χ4v) is 3.22. The number of halogens is 1. The van der Waals surface area contributed by atoms with Crippen molar-refractivity contribution in [1.29, 1.82) is 0 Å². The minimum Gasteiger partial charge on any atom is -0.326 e. The number of H-pyrrole nitrogens is 1. The van der Waals surface area contributed by atoms with E-state index in [-0.39, 0.29) is 17.3 Å². The smallest absolute Gasteiger partial charge is 0.322 e. The van der Waals surface area contributed by atoms with Gasteiger partial charge in [-0.2, -0.15) is 11.8 Å². The van der Waals surface area contributed by atoms with E-state index in [0.717, 1.165) is 29.7 Å². The molecule has 1 aliphatic heterocycles. The molecular weight excluding hydrogens is 330 g/mol. The van der Waals surface area contributed by atoms with Crippen LogP contribution in [0.4, 0.5) is 10.5 Å². The van der Waals surface area contributed by atoms with E-state index >= 15 is 0 Å². The molecule has 0 aliphatic carbocycles. The third-order valence-corrected chi connectivity index (χ3v) is 4.35. The van der Waals surface area contributed by atoms with Crippen LogP contribution in [0.25, 0.3) is 0 Å². The van der Waals surface area contributed by atoms with Gasteiger partial charge in [0.15, 0.2) is 0 Å². The highest BCUT2D eigenvalue weighted by atomic mass is 79.9. The number of amides is 2. The van der Waals surface area contributed by atoms with Crippen LogP contribution in [-0.4, -0.2) is 41.0 Å². The second kappa shape index (κ2) is 6.47. The zero-order chi connectivity index (χ0) is 13.8. The number of nitrogens with zero attached hydrogens (tertiary/aromatic N) is 1. The molecule has 0 spiro atoms. The van der Waals surface area contributed by atoms with Crippen molar-refractivity contribution in [3.8, 4) is 0 Å². The van der Waals surface area contributed by atoms with Crippen molar-refractivity contribution in [1.82, 2.24) is 9.88 Å². The van der Waals surface area contributed by atoms with Gasteiger partial charge in [-0.1, -0.05) is 0 Å². The molecule has 19 heavy (non-hydrogen) atoms. The Morgan fingerprint density at radius 1 is 1.68 bits per heavy atom. The van der Waals surface area contributed by atoms with Crippen LogP contribution in [0.2, 0.25) is 0 Å². The lowest BCUT2D eigenvalue weighted by molar-refractivity contribution is 0.221. The number of hydrogen-bond acceptors (Lipinski definition) is 3. The lowest BCUT2D eigenvalue weighted by atomic mass is 10.2. The minimum atomic E-state index is -0.295. The summed E-state index contributed by atoms with van der Waals surface area (Å²) in [5.74, 6) is 1.63. The van der Waals surface area contributed by atoms with E-state index < -0.39 is 0 Å². The zero-order valence-electron chi connectivity index (χ0n) is 10.6. The van der Waals surface area contributed by atoms with E-state index in [2.05, 4.69) is 32.5 Å². The third kappa shape index (κ3) is 3.76. The first-order valence-electron chi connectivity index (χ1n) is 6.03. The summed E-state index contributed by atoms with van der Waals surface area (Å²) < 4.78 is 0.726. The van der Waals surface area contributed by atoms with Crippen molar-refractivity contribution in [2.45, 2.75) is 6.42 Å². The van der Waals surface area contributed by atoms with Crippen LogP contribution in [0.15, 0.2) is 21.5 Å². The van der Waals surface area contributed by atoms with Gasteiger partial charge in [-0.25, -0.2) is 4.79 Å². The number of carbonyl (C=O) groups excluding carboxylic acids is 1. The molecule has 1 atom stereocenters. The highest BCUT2D eigenvalue weighted by Gasteiger charge is 2.26. The van der Waals surface area contributed by atoms with Crippen LogP contribution in [-0.2, 0) is 0 Å². The van der Waals surface area contributed by atoms with Gasteiger partial charge in [0.2, 0.25) is 0 Å². The molecule has 0 unspecified atom stereocenters. The van der Waals surface area contributed by atoms with Crippen molar-refractivity contribution >= 4 is 39.4 Å². The monoisotopic (exact) mass is 345 g/mol. The summed E-state index contributed by atoms with van der Waals surface area (Å²) in [5.41, 5.74) is -0.0240. The highest BCUT2D eigenvalue weighted by molar-refractivity contribution is 9.10. The Morgan fingerprint density at radius 3 is 3.21 bits per heavy atom. The Bertz CT molecular complexity index is 520. The van der Waals surface area contributed by atoms with Gasteiger partial charge in [0.1, 0.15) is 5.69 Å². The van der Waals surface area contributed by atoms with E-state index in [1.807, 2.05) is 0 Å². The number of nitrogens with one attached hydrogen (secondary N) is 2. The van der Waals surface area contributed by atoms with Gasteiger partial charge in [0.05, 0.1) is 0 Å². The fraction of sp³-hybridized carbons (Fsp3) is 0.500. The molecule has 1 saturated heterocycles. The molecular formula is C12H16BrN3O2S. The summed E-state index contributed by atoms with van der Waals surface area (Å²) >= 11 is 5.06. The van der Waals surface area contributed by atoms with E-state index in [0.29, 0.717) is 5.92 Å². The number of pyridine rings is 1. The molecule has 7 heteroatoms. The third-order valence-electron chi connectivity index (χ3n) is 3.09. The van der Waals surface area contributed by atoms with Crippen molar-refractivity contribution in [2.24, 2.45) is 5.92 Å². The molecule has 1 aromatic heterocycles. The Labute approximate surface area is 124 Å². The Morgan fingerprint density at radius 2 is 2.47 bits per heavy atom. The number of urea groups is 1. The molecule has 0 saturated carbocycles. The summed E-state index contributed by atoms with van der Waals surface area (Å²) in [6.07, 6.45) is 4.65.